The molecule has 0 saturated heterocycles. The third kappa shape index (κ3) is 4.07. The van der Waals surface area contributed by atoms with Gasteiger partial charge in [-0.05, 0) is 66.5 Å². The Balaban J connectivity index is 2.03. The Bertz CT molecular complexity index is 876. The first-order valence-electron chi connectivity index (χ1n) is 7.60. The minimum Gasteiger partial charge on any atom is -0.481 e. The first-order chi connectivity index (χ1) is 12.1. The van der Waals surface area contributed by atoms with Crippen molar-refractivity contribution >= 4 is 17.9 Å². The Hall–Kier alpha value is -2.64. The highest BCUT2D eigenvalue weighted by atomic mass is 32.2. The van der Waals surface area contributed by atoms with Crippen LogP contribution in [-0.2, 0) is 11.2 Å². The number of rotatable bonds is 6. The van der Waals surface area contributed by atoms with Crippen molar-refractivity contribution in [1.82, 2.24) is 9.78 Å². The SMILES string of the molecule is NSc1ccc(-n2nc(CCC(=O)O)cc2-c2ccc(F)cc2)cc1. The number of aryl methyl sites for hydroxylation is 1. The number of aromatic nitrogens is 2. The van der Waals surface area contributed by atoms with Gasteiger partial charge in [0, 0.05) is 16.9 Å². The molecule has 3 aromatic rings. The van der Waals surface area contributed by atoms with E-state index < -0.39 is 5.97 Å². The summed E-state index contributed by atoms with van der Waals surface area (Å²) in [6.45, 7) is 0. The van der Waals surface area contributed by atoms with Gasteiger partial charge in [0.05, 0.1) is 23.5 Å². The maximum Gasteiger partial charge on any atom is 0.303 e. The van der Waals surface area contributed by atoms with Gasteiger partial charge in [0.2, 0.25) is 0 Å². The van der Waals surface area contributed by atoms with E-state index in [4.69, 9.17) is 10.2 Å². The Morgan fingerprint density at radius 2 is 1.84 bits per heavy atom. The van der Waals surface area contributed by atoms with E-state index in [1.165, 1.54) is 12.1 Å². The molecule has 0 aliphatic heterocycles. The van der Waals surface area contributed by atoms with Gasteiger partial charge in [0.25, 0.3) is 0 Å². The number of benzene rings is 2. The van der Waals surface area contributed by atoms with E-state index in [1.807, 2.05) is 30.3 Å². The molecule has 3 rings (SSSR count). The summed E-state index contributed by atoms with van der Waals surface area (Å²) in [5, 5.41) is 19.0. The predicted molar refractivity (Wildman–Crippen MR) is 95.0 cm³/mol. The standard InChI is InChI=1S/C18H16FN3O2S/c19-13-3-1-12(2-4-13)17-11-14(5-10-18(23)24)21-22(17)15-6-8-16(25-20)9-7-15/h1-4,6-9,11H,5,10,20H2,(H,23,24). The van der Waals surface area contributed by atoms with Crippen molar-refractivity contribution in [2.45, 2.75) is 17.7 Å². The van der Waals surface area contributed by atoms with Crippen molar-refractivity contribution in [2.75, 3.05) is 0 Å². The molecule has 0 unspecified atom stereocenters. The number of nitrogens with zero attached hydrogens (tertiary/aromatic N) is 2. The fourth-order valence-electron chi connectivity index (χ4n) is 2.48. The van der Waals surface area contributed by atoms with Crippen LogP contribution in [0, 0.1) is 5.82 Å². The first-order valence-corrected chi connectivity index (χ1v) is 8.48. The van der Waals surface area contributed by atoms with E-state index in [0.29, 0.717) is 12.1 Å². The quantitative estimate of drug-likeness (QED) is 0.658. The molecule has 0 fully saturated rings. The third-order valence-electron chi connectivity index (χ3n) is 3.71. The van der Waals surface area contributed by atoms with Crippen LogP contribution in [0.1, 0.15) is 12.1 Å². The largest absolute Gasteiger partial charge is 0.481 e. The molecule has 0 atom stereocenters. The molecule has 25 heavy (non-hydrogen) atoms. The lowest BCUT2D eigenvalue weighted by Gasteiger charge is -2.08. The molecule has 5 nitrogen and oxygen atoms in total. The molecule has 0 aliphatic rings. The summed E-state index contributed by atoms with van der Waals surface area (Å²) in [5.74, 6) is -1.19. The number of hydrogen-bond acceptors (Lipinski definition) is 4. The van der Waals surface area contributed by atoms with E-state index in [0.717, 1.165) is 33.8 Å². The van der Waals surface area contributed by atoms with Crippen LogP contribution in [0.4, 0.5) is 4.39 Å². The molecular weight excluding hydrogens is 341 g/mol. The van der Waals surface area contributed by atoms with Crippen molar-refractivity contribution in [1.29, 1.82) is 0 Å². The molecule has 1 aromatic heterocycles. The maximum absolute atomic E-state index is 13.2. The van der Waals surface area contributed by atoms with Gasteiger partial charge in [-0.3, -0.25) is 9.93 Å². The molecule has 0 aliphatic carbocycles. The van der Waals surface area contributed by atoms with Gasteiger partial charge in [0.15, 0.2) is 0 Å². The lowest BCUT2D eigenvalue weighted by molar-refractivity contribution is -0.136. The second-order valence-electron chi connectivity index (χ2n) is 5.45. The molecule has 0 bridgehead atoms. The highest BCUT2D eigenvalue weighted by Crippen LogP contribution is 2.26. The average molecular weight is 357 g/mol. The van der Waals surface area contributed by atoms with E-state index >= 15 is 0 Å². The summed E-state index contributed by atoms with van der Waals surface area (Å²) in [4.78, 5) is 11.7. The minimum atomic E-state index is -0.873. The lowest BCUT2D eigenvalue weighted by Crippen LogP contribution is -2.01. The molecule has 1 heterocycles. The molecule has 7 heteroatoms. The van der Waals surface area contributed by atoms with Gasteiger partial charge in [-0.1, -0.05) is 0 Å². The molecule has 0 saturated carbocycles. The van der Waals surface area contributed by atoms with Crippen LogP contribution in [0.15, 0.2) is 59.5 Å². The molecule has 128 valence electrons. The van der Waals surface area contributed by atoms with Crippen molar-refractivity contribution in [3.05, 3.63) is 66.1 Å². The summed E-state index contributed by atoms with van der Waals surface area (Å²) in [6.07, 6.45) is 0.329. The second kappa shape index (κ2) is 7.50. The van der Waals surface area contributed by atoms with Crippen LogP contribution in [0.2, 0.25) is 0 Å². The van der Waals surface area contributed by atoms with Crippen LogP contribution in [0.5, 0.6) is 0 Å². The van der Waals surface area contributed by atoms with Crippen LogP contribution in [0.3, 0.4) is 0 Å². The minimum absolute atomic E-state index is 0.00260. The van der Waals surface area contributed by atoms with Gasteiger partial charge in [0.1, 0.15) is 5.82 Å². The number of carbonyl (C=O) groups is 1. The molecule has 0 radical (unpaired) electrons. The van der Waals surface area contributed by atoms with E-state index in [9.17, 15) is 9.18 Å². The van der Waals surface area contributed by atoms with E-state index in [1.54, 1.807) is 16.8 Å². The van der Waals surface area contributed by atoms with Gasteiger partial charge >= 0.3 is 5.97 Å². The number of hydrogen-bond donors (Lipinski definition) is 2. The van der Waals surface area contributed by atoms with Crippen molar-refractivity contribution in [3.63, 3.8) is 0 Å². The highest BCUT2D eigenvalue weighted by Gasteiger charge is 2.13. The van der Waals surface area contributed by atoms with E-state index in [2.05, 4.69) is 5.10 Å². The van der Waals surface area contributed by atoms with Crippen molar-refractivity contribution in [3.8, 4) is 16.9 Å². The van der Waals surface area contributed by atoms with Gasteiger partial charge in [-0.2, -0.15) is 5.10 Å². The Morgan fingerprint density at radius 1 is 1.16 bits per heavy atom. The summed E-state index contributed by atoms with van der Waals surface area (Å²) in [7, 11) is 0. The van der Waals surface area contributed by atoms with Crippen LogP contribution < -0.4 is 5.14 Å². The molecule has 0 spiro atoms. The summed E-state index contributed by atoms with van der Waals surface area (Å²) >= 11 is 1.15. The number of halogens is 1. The molecule has 0 amide bonds. The fraction of sp³-hybridized carbons (Fsp3) is 0.111. The molecular formula is C18H16FN3O2S. The van der Waals surface area contributed by atoms with Crippen molar-refractivity contribution in [2.24, 2.45) is 5.14 Å². The zero-order chi connectivity index (χ0) is 17.8. The third-order valence-corrected chi connectivity index (χ3v) is 4.26. The topological polar surface area (TPSA) is 81.1 Å². The normalized spacial score (nSPS) is 10.8. The van der Waals surface area contributed by atoms with Crippen LogP contribution >= 0.6 is 11.9 Å². The van der Waals surface area contributed by atoms with Crippen LogP contribution in [-0.4, -0.2) is 20.9 Å². The number of aliphatic carboxylic acids is 1. The van der Waals surface area contributed by atoms with Crippen LogP contribution in [0.25, 0.3) is 16.9 Å². The molecule has 2 aromatic carbocycles. The smallest absolute Gasteiger partial charge is 0.303 e. The van der Waals surface area contributed by atoms with Gasteiger partial charge in [-0.25, -0.2) is 9.07 Å². The second-order valence-corrected chi connectivity index (χ2v) is 6.15. The molecule has 3 N–H and O–H groups in total. The number of carboxylic acids is 1. The summed E-state index contributed by atoms with van der Waals surface area (Å²) in [5.41, 5.74) is 3.05. The monoisotopic (exact) mass is 357 g/mol. The average Bonchev–Trinajstić information content (AvgIpc) is 3.05. The predicted octanol–water partition coefficient (Wildman–Crippen LogP) is 3.66. The number of nitrogens with two attached hydrogens (primary N) is 1. The summed E-state index contributed by atoms with van der Waals surface area (Å²) in [6, 6.07) is 15.5. The zero-order valence-corrected chi connectivity index (χ0v) is 14.0. The van der Waals surface area contributed by atoms with Gasteiger partial charge in [-0.15, -0.1) is 0 Å². The summed E-state index contributed by atoms with van der Waals surface area (Å²) < 4.78 is 15.0. The van der Waals surface area contributed by atoms with Crippen molar-refractivity contribution < 1.29 is 14.3 Å². The maximum atomic E-state index is 13.2. The first kappa shape index (κ1) is 17.2. The Morgan fingerprint density at radius 3 is 2.44 bits per heavy atom. The number of carboxylic acid groups (broad SMARTS) is 1. The van der Waals surface area contributed by atoms with Gasteiger partial charge < -0.3 is 5.11 Å². The Kier molecular flexibility index (Phi) is 5.16. The Labute approximate surface area is 148 Å². The fourth-order valence-corrected chi connectivity index (χ4v) is 2.77. The van der Waals surface area contributed by atoms with E-state index in [-0.39, 0.29) is 12.2 Å². The lowest BCUT2D eigenvalue weighted by atomic mass is 10.1. The zero-order valence-electron chi connectivity index (χ0n) is 13.2. The highest BCUT2D eigenvalue weighted by molar-refractivity contribution is 7.97.